The average molecular weight is 236 g/mol. The Hall–Kier alpha value is -1.91. The quantitative estimate of drug-likeness (QED) is 0.720. The second kappa shape index (κ2) is 6.62. The Balaban J connectivity index is 2.25. The molecular formula is C12H16N2O3. The number of carboxylic acids is 1. The molecule has 1 aromatic rings. The minimum Gasteiger partial charge on any atom is -0.481 e. The van der Waals surface area contributed by atoms with Crippen LogP contribution in [0.3, 0.4) is 0 Å². The van der Waals surface area contributed by atoms with Gasteiger partial charge in [-0.25, -0.2) is 0 Å². The van der Waals surface area contributed by atoms with Gasteiger partial charge in [-0.05, 0) is 25.0 Å². The smallest absolute Gasteiger partial charge is 0.303 e. The highest BCUT2D eigenvalue weighted by Gasteiger charge is 2.03. The average Bonchev–Trinajstić information content (AvgIpc) is 2.27. The van der Waals surface area contributed by atoms with Crippen LogP contribution in [0, 0.1) is 6.92 Å². The number of aryl methyl sites for hydroxylation is 1. The Labute approximate surface area is 99.9 Å². The summed E-state index contributed by atoms with van der Waals surface area (Å²) in [5.41, 5.74) is 1.77. The predicted molar refractivity (Wildman–Crippen MR) is 62.6 cm³/mol. The summed E-state index contributed by atoms with van der Waals surface area (Å²) in [6.45, 7) is 2.28. The summed E-state index contributed by atoms with van der Waals surface area (Å²) in [6.07, 6.45) is 2.48. The van der Waals surface area contributed by atoms with Crippen molar-refractivity contribution in [1.82, 2.24) is 10.3 Å². The molecule has 1 heterocycles. The fourth-order valence-electron chi connectivity index (χ4n) is 1.32. The summed E-state index contributed by atoms with van der Waals surface area (Å²) >= 11 is 0. The molecule has 1 aromatic heterocycles. The zero-order valence-electron chi connectivity index (χ0n) is 9.77. The van der Waals surface area contributed by atoms with Gasteiger partial charge in [0.25, 0.3) is 0 Å². The van der Waals surface area contributed by atoms with E-state index < -0.39 is 5.97 Å². The van der Waals surface area contributed by atoms with Crippen molar-refractivity contribution in [3.63, 3.8) is 0 Å². The molecule has 0 radical (unpaired) electrons. The Morgan fingerprint density at radius 3 is 2.76 bits per heavy atom. The van der Waals surface area contributed by atoms with Crippen LogP contribution in [-0.4, -0.2) is 28.5 Å². The fourth-order valence-corrected chi connectivity index (χ4v) is 1.32. The Morgan fingerprint density at radius 2 is 2.18 bits per heavy atom. The monoisotopic (exact) mass is 236 g/mol. The number of hydrogen-bond donors (Lipinski definition) is 2. The highest BCUT2D eigenvalue weighted by Crippen LogP contribution is 2.00. The minimum atomic E-state index is -0.845. The zero-order valence-corrected chi connectivity index (χ0v) is 9.77. The van der Waals surface area contributed by atoms with E-state index in [0.29, 0.717) is 13.0 Å². The van der Waals surface area contributed by atoms with E-state index in [9.17, 15) is 9.59 Å². The van der Waals surface area contributed by atoms with E-state index in [1.54, 1.807) is 6.20 Å². The van der Waals surface area contributed by atoms with Crippen LogP contribution >= 0.6 is 0 Å². The van der Waals surface area contributed by atoms with E-state index in [1.807, 2.05) is 19.1 Å². The molecule has 0 aliphatic rings. The van der Waals surface area contributed by atoms with Crippen LogP contribution in [0.5, 0.6) is 0 Å². The number of carbonyl (C=O) groups is 2. The number of amides is 1. The fraction of sp³-hybridized carbons (Fsp3) is 0.417. The number of nitrogens with zero attached hydrogens (tertiary/aromatic N) is 1. The number of hydrogen-bond acceptors (Lipinski definition) is 3. The third-order valence-electron chi connectivity index (χ3n) is 2.23. The molecule has 0 aromatic carbocycles. The second-order valence-electron chi connectivity index (χ2n) is 3.83. The number of aliphatic carboxylic acids is 1. The van der Waals surface area contributed by atoms with Crippen molar-refractivity contribution in [1.29, 1.82) is 0 Å². The number of pyridine rings is 1. The molecule has 0 atom stereocenters. The summed E-state index contributed by atoms with van der Waals surface area (Å²) in [4.78, 5) is 25.8. The zero-order chi connectivity index (χ0) is 12.7. The summed E-state index contributed by atoms with van der Waals surface area (Å²) in [6, 6.07) is 3.71. The first-order chi connectivity index (χ1) is 8.08. The summed E-state index contributed by atoms with van der Waals surface area (Å²) in [5.74, 6) is -0.956. The third-order valence-corrected chi connectivity index (χ3v) is 2.23. The molecule has 92 valence electrons. The number of rotatable bonds is 6. The van der Waals surface area contributed by atoms with Gasteiger partial charge in [0.1, 0.15) is 0 Å². The second-order valence-corrected chi connectivity index (χ2v) is 3.83. The van der Waals surface area contributed by atoms with Gasteiger partial charge in [0.05, 0.1) is 6.42 Å². The molecule has 0 bridgehead atoms. The molecular weight excluding hydrogens is 220 g/mol. The molecule has 0 saturated carbocycles. The van der Waals surface area contributed by atoms with E-state index in [2.05, 4.69) is 10.3 Å². The Bertz CT molecular complexity index is 387. The number of aromatic nitrogens is 1. The summed E-state index contributed by atoms with van der Waals surface area (Å²) in [5, 5.41) is 11.1. The van der Waals surface area contributed by atoms with Crippen molar-refractivity contribution in [3.05, 3.63) is 29.6 Å². The first-order valence-corrected chi connectivity index (χ1v) is 5.48. The predicted octanol–water partition coefficient (Wildman–Crippen LogP) is 0.914. The Kier molecular flexibility index (Phi) is 5.13. The molecule has 0 spiro atoms. The van der Waals surface area contributed by atoms with Gasteiger partial charge in [-0.2, -0.15) is 0 Å². The summed E-state index contributed by atoms with van der Waals surface area (Å²) < 4.78 is 0. The van der Waals surface area contributed by atoms with E-state index in [4.69, 9.17) is 5.11 Å². The van der Waals surface area contributed by atoms with Gasteiger partial charge in [0.15, 0.2) is 0 Å². The lowest BCUT2D eigenvalue weighted by atomic mass is 10.2. The van der Waals surface area contributed by atoms with E-state index in [1.165, 1.54) is 0 Å². The molecule has 0 saturated heterocycles. The molecule has 5 heteroatoms. The van der Waals surface area contributed by atoms with E-state index in [-0.39, 0.29) is 18.7 Å². The maximum Gasteiger partial charge on any atom is 0.303 e. The standard InChI is InChI=1S/C12H16N2O3/c1-9-4-5-10(8-14-9)7-11(15)13-6-2-3-12(16)17/h4-5,8H,2-3,6-7H2,1H3,(H,13,15)(H,16,17). The van der Waals surface area contributed by atoms with Crippen LogP contribution in [0.15, 0.2) is 18.3 Å². The highest BCUT2D eigenvalue weighted by atomic mass is 16.4. The highest BCUT2D eigenvalue weighted by molar-refractivity contribution is 5.78. The lowest BCUT2D eigenvalue weighted by molar-refractivity contribution is -0.137. The van der Waals surface area contributed by atoms with Crippen LogP contribution in [0.2, 0.25) is 0 Å². The van der Waals surface area contributed by atoms with Gasteiger partial charge >= 0.3 is 5.97 Å². The third kappa shape index (κ3) is 5.65. The maximum atomic E-state index is 11.5. The first kappa shape index (κ1) is 13.2. The van der Waals surface area contributed by atoms with Crippen molar-refractivity contribution in [2.24, 2.45) is 0 Å². The molecule has 2 N–H and O–H groups in total. The van der Waals surface area contributed by atoms with Gasteiger partial charge in [0.2, 0.25) is 5.91 Å². The topological polar surface area (TPSA) is 79.3 Å². The van der Waals surface area contributed by atoms with Crippen LogP contribution in [0.1, 0.15) is 24.1 Å². The molecule has 1 amide bonds. The Morgan fingerprint density at radius 1 is 1.41 bits per heavy atom. The minimum absolute atomic E-state index is 0.0758. The molecule has 0 aliphatic carbocycles. The largest absolute Gasteiger partial charge is 0.481 e. The molecule has 1 rings (SSSR count). The lowest BCUT2D eigenvalue weighted by Gasteiger charge is -2.04. The maximum absolute atomic E-state index is 11.5. The van der Waals surface area contributed by atoms with Crippen molar-refractivity contribution >= 4 is 11.9 Å². The van der Waals surface area contributed by atoms with E-state index in [0.717, 1.165) is 11.3 Å². The van der Waals surface area contributed by atoms with Gasteiger partial charge in [0, 0.05) is 24.9 Å². The van der Waals surface area contributed by atoms with Gasteiger partial charge in [-0.3, -0.25) is 14.6 Å². The number of carboxylic acid groups (broad SMARTS) is 1. The molecule has 0 fully saturated rings. The normalized spacial score (nSPS) is 9.94. The van der Waals surface area contributed by atoms with Crippen molar-refractivity contribution in [2.75, 3.05) is 6.54 Å². The van der Waals surface area contributed by atoms with Crippen LogP contribution in [-0.2, 0) is 16.0 Å². The van der Waals surface area contributed by atoms with Crippen molar-refractivity contribution in [2.45, 2.75) is 26.2 Å². The summed E-state index contributed by atoms with van der Waals surface area (Å²) in [7, 11) is 0. The molecule has 0 unspecified atom stereocenters. The van der Waals surface area contributed by atoms with Crippen LogP contribution in [0.25, 0.3) is 0 Å². The number of nitrogens with one attached hydrogen (secondary N) is 1. The first-order valence-electron chi connectivity index (χ1n) is 5.48. The molecule has 17 heavy (non-hydrogen) atoms. The van der Waals surface area contributed by atoms with Crippen molar-refractivity contribution in [3.8, 4) is 0 Å². The molecule has 0 aliphatic heterocycles. The van der Waals surface area contributed by atoms with Gasteiger partial charge < -0.3 is 10.4 Å². The van der Waals surface area contributed by atoms with Crippen molar-refractivity contribution < 1.29 is 14.7 Å². The van der Waals surface area contributed by atoms with Crippen LogP contribution in [0.4, 0.5) is 0 Å². The van der Waals surface area contributed by atoms with Gasteiger partial charge in [-0.1, -0.05) is 6.07 Å². The number of carbonyl (C=O) groups excluding carboxylic acids is 1. The SMILES string of the molecule is Cc1ccc(CC(=O)NCCCC(=O)O)cn1. The van der Waals surface area contributed by atoms with Crippen LogP contribution < -0.4 is 5.32 Å². The van der Waals surface area contributed by atoms with E-state index >= 15 is 0 Å². The molecule has 5 nitrogen and oxygen atoms in total. The lowest BCUT2D eigenvalue weighted by Crippen LogP contribution is -2.26. The van der Waals surface area contributed by atoms with Gasteiger partial charge in [-0.15, -0.1) is 0 Å².